The van der Waals surface area contributed by atoms with Crippen LogP contribution in [0.5, 0.6) is 5.75 Å². The van der Waals surface area contributed by atoms with Crippen molar-refractivity contribution in [1.29, 1.82) is 0 Å². The molecular weight excluding hydrogens is 398 g/mol. The maximum atomic E-state index is 11.9. The Hall–Kier alpha value is -3.47. The number of rotatable bonds is 7. The number of amides is 1. The minimum absolute atomic E-state index is 0.0191. The number of carbonyl (C=O) groups excluding carboxylic acids is 1. The molecule has 2 heterocycles. The molecule has 1 aliphatic carbocycles. The Morgan fingerprint density at radius 1 is 1.29 bits per heavy atom. The van der Waals surface area contributed by atoms with Gasteiger partial charge in [-0.2, -0.15) is 10.1 Å². The van der Waals surface area contributed by atoms with Crippen LogP contribution in [0.25, 0.3) is 10.9 Å². The van der Waals surface area contributed by atoms with Crippen LogP contribution in [0.2, 0.25) is 0 Å². The maximum Gasteiger partial charge on any atom is 0.273 e. The zero-order chi connectivity index (χ0) is 22.0. The fraction of sp³-hybridized carbons (Fsp3) is 0.450. The molecule has 0 spiro atoms. The molecule has 2 aromatic heterocycles. The number of nitrogens with zero attached hydrogens (tertiary/aromatic N) is 5. The molecule has 0 unspecified atom stereocenters. The lowest BCUT2D eigenvalue weighted by Gasteiger charge is -2.29. The summed E-state index contributed by atoms with van der Waals surface area (Å²) >= 11 is 0. The van der Waals surface area contributed by atoms with Gasteiger partial charge in [0, 0.05) is 30.4 Å². The molecule has 0 saturated heterocycles. The predicted molar refractivity (Wildman–Crippen MR) is 117 cm³/mol. The van der Waals surface area contributed by atoms with Gasteiger partial charge in [0.2, 0.25) is 5.95 Å². The molecule has 0 bridgehead atoms. The third-order valence-electron chi connectivity index (χ3n) is 5.56. The molecule has 4 rings (SSSR count). The van der Waals surface area contributed by atoms with E-state index in [1.165, 1.54) is 0 Å². The topological polar surface area (TPSA) is 159 Å². The second kappa shape index (κ2) is 8.72. The lowest BCUT2D eigenvalue weighted by Crippen LogP contribution is -2.43. The monoisotopic (exact) mass is 425 g/mol. The normalized spacial score (nSPS) is 18.7. The zero-order valence-electron chi connectivity index (χ0n) is 17.6. The lowest BCUT2D eigenvalue weighted by atomic mass is 9.91. The fourth-order valence-corrected chi connectivity index (χ4v) is 3.92. The Labute approximate surface area is 179 Å². The molecule has 31 heavy (non-hydrogen) atoms. The molecule has 11 nitrogen and oxygen atoms in total. The van der Waals surface area contributed by atoms with Crippen LogP contribution in [-0.2, 0) is 6.54 Å². The number of carbonyl (C=O) groups is 1. The molecule has 1 aromatic carbocycles. The molecule has 11 heteroatoms. The van der Waals surface area contributed by atoms with Crippen molar-refractivity contribution in [3.63, 3.8) is 0 Å². The first-order valence-electron chi connectivity index (χ1n) is 10.4. The number of aryl methyl sites for hydroxylation is 1. The highest BCUT2D eigenvalue weighted by molar-refractivity contribution is 5.97. The van der Waals surface area contributed by atoms with E-state index < -0.39 is 5.91 Å². The van der Waals surface area contributed by atoms with Crippen molar-refractivity contribution in [3.05, 3.63) is 24.0 Å². The highest BCUT2D eigenvalue weighted by Gasteiger charge is 2.24. The van der Waals surface area contributed by atoms with Crippen LogP contribution in [0.4, 0.5) is 17.5 Å². The first kappa shape index (κ1) is 20.8. The Morgan fingerprint density at radius 3 is 2.81 bits per heavy atom. The van der Waals surface area contributed by atoms with Gasteiger partial charge in [-0.3, -0.25) is 9.48 Å². The number of aromatic nitrogens is 5. The summed E-state index contributed by atoms with van der Waals surface area (Å²) in [5.74, 6) is 0.420. The summed E-state index contributed by atoms with van der Waals surface area (Å²) in [4.78, 5) is 16.4. The number of nitrogens with two attached hydrogens (primary N) is 2. The molecule has 1 amide bonds. The smallest absolute Gasteiger partial charge is 0.273 e. The van der Waals surface area contributed by atoms with E-state index in [0.717, 1.165) is 36.6 Å². The standard InChI is InChI=1S/C20H27N9O2/c1-3-29-15-8-11(9-16(31-2)12(15)10-23-29)24-19-17(18(22)30)27-28-20(26-19)25-14-7-5-4-6-13(14)21/h8-10,13-14H,3-7,21H2,1-2H3,(H2,22,30)(H2,24,25,26,28)/t13-,14+/m0/s1. The number of hydrogen-bond donors (Lipinski definition) is 4. The number of hydrogen-bond acceptors (Lipinski definition) is 9. The number of nitrogens with one attached hydrogen (secondary N) is 2. The number of fused-ring (bicyclic) bond motifs is 1. The molecular formula is C20H27N9O2. The van der Waals surface area contributed by atoms with Crippen molar-refractivity contribution in [3.8, 4) is 5.75 Å². The molecule has 1 aliphatic rings. The third-order valence-corrected chi connectivity index (χ3v) is 5.56. The second-order valence-corrected chi connectivity index (χ2v) is 7.59. The van der Waals surface area contributed by atoms with Gasteiger partial charge < -0.3 is 26.8 Å². The van der Waals surface area contributed by atoms with Crippen LogP contribution < -0.4 is 26.8 Å². The molecule has 0 aliphatic heterocycles. The SMILES string of the molecule is CCn1ncc2c(OC)cc(Nc3nc(N[C@@H]4CCCC[C@@H]4N)nnc3C(N)=O)cc21. The number of methoxy groups -OCH3 is 1. The highest BCUT2D eigenvalue weighted by atomic mass is 16.5. The van der Waals surface area contributed by atoms with Crippen molar-refractivity contribution in [1.82, 2.24) is 25.0 Å². The average molecular weight is 425 g/mol. The maximum absolute atomic E-state index is 11.9. The van der Waals surface area contributed by atoms with E-state index in [2.05, 4.69) is 30.9 Å². The molecule has 0 radical (unpaired) electrons. The van der Waals surface area contributed by atoms with Crippen LogP contribution >= 0.6 is 0 Å². The quantitative estimate of drug-likeness (QED) is 0.442. The van der Waals surface area contributed by atoms with Crippen molar-refractivity contribution in [2.75, 3.05) is 17.7 Å². The summed E-state index contributed by atoms with van der Waals surface area (Å²) in [6, 6.07) is 3.79. The number of primary amides is 1. The Kier molecular flexibility index (Phi) is 5.85. The van der Waals surface area contributed by atoms with E-state index in [4.69, 9.17) is 16.2 Å². The number of ether oxygens (including phenoxy) is 1. The van der Waals surface area contributed by atoms with E-state index in [9.17, 15) is 4.79 Å². The van der Waals surface area contributed by atoms with Crippen molar-refractivity contribution in [2.24, 2.45) is 11.5 Å². The minimum atomic E-state index is -0.727. The Morgan fingerprint density at radius 2 is 2.10 bits per heavy atom. The van der Waals surface area contributed by atoms with Crippen LogP contribution in [0.15, 0.2) is 18.3 Å². The van der Waals surface area contributed by atoms with Gasteiger partial charge in [-0.1, -0.05) is 12.8 Å². The fourth-order valence-electron chi connectivity index (χ4n) is 3.92. The van der Waals surface area contributed by atoms with Gasteiger partial charge in [0.05, 0.1) is 24.2 Å². The van der Waals surface area contributed by atoms with Crippen molar-refractivity contribution in [2.45, 2.75) is 51.2 Å². The third kappa shape index (κ3) is 4.22. The predicted octanol–water partition coefficient (Wildman–Crippen LogP) is 1.77. The molecule has 3 aromatic rings. The highest BCUT2D eigenvalue weighted by Crippen LogP contribution is 2.31. The molecule has 2 atom stereocenters. The number of benzene rings is 1. The summed E-state index contributed by atoms with van der Waals surface area (Å²) < 4.78 is 7.37. The lowest BCUT2D eigenvalue weighted by molar-refractivity contribution is 0.0995. The van der Waals surface area contributed by atoms with Gasteiger partial charge in [0.1, 0.15) is 5.75 Å². The van der Waals surface area contributed by atoms with Crippen molar-refractivity contribution < 1.29 is 9.53 Å². The van der Waals surface area contributed by atoms with Gasteiger partial charge in [-0.05, 0) is 25.8 Å². The van der Waals surface area contributed by atoms with Gasteiger partial charge in [-0.15, -0.1) is 10.2 Å². The molecule has 1 saturated carbocycles. The Bertz CT molecular complexity index is 1100. The molecule has 1 fully saturated rings. The van der Waals surface area contributed by atoms with Crippen LogP contribution in [-0.4, -0.2) is 50.1 Å². The molecule has 6 N–H and O–H groups in total. The second-order valence-electron chi connectivity index (χ2n) is 7.59. The molecule has 164 valence electrons. The van der Waals surface area contributed by atoms with Crippen molar-refractivity contribution >= 4 is 34.3 Å². The average Bonchev–Trinajstić information content (AvgIpc) is 3.18. The van der Waals surface area contributed by atoms with Gasteiger partial charge in [-0.25, -0.2) is 0 Å². The van der Waals surface area contributed by atoms with E-state index in [1.54, 1.807) is 19.4 Å². The summed E-state index contributed by atoms with van der Waals surface area (Å²) in [6.07, 6.45) is 5.84. The zero-order valence-corrected chi connectivity index (χ0v) is 17.6. The largest absolute Gasteiger partial charge is 0.496 e. The first-order valence-corrected chi connectivity index (χ1v) is 10.4. The summed E-state index contributed by atoms with van der Waals surface area (Å²) in [5, 5.41) is 19.7. The van der Waals surface area contributed by atoms with E-state index >= 15 is 0 Å². The van der Waals surface area contributed by atoms with E-state index in [1.807, 2.05) is 17.7 Å². The van der Waals surface area contributed by atoms with Crippen LogP contribution in [0, 0.1) is 0 Å². The van der Waals surface area contributed by atoms with E-state index in [0.29, 0.717) is 23.9 Å². The summed E-state index contributed by atoms with van der Waals surface area (Å²) in [7, 11) is 1.60. The van der Waals surface area contributed by atoms with Gasteiger partial charge in [0.25, 0.3) is 5.91 Å². The summed E-state index contributed by atoms with van der Waals surface area (Å²) in [6.45, 7) is 2.71. The number of anilines is 3. The van der Waals surface area contributed by atoms with Crippen LogP contribution in [0.3, 0.4) is 0 Å². The van der Waals surface area contributed by atoms with Crippen LogP contribution in [0.1, 0.15) is 43.1 Å². The summed E-state index contributed by atoms with van der Waals surface area (Å²) in [5.41, 5.74) is 13.2. The van der Waals surface area contributed by atoms with E-state index in [-0.39, 0.29) is 23.6 Å². The first-order chi connectivity index (χ1) is 15.0. The van der Waals surface area contributed by atoms with Gasteiger partial charge >= 0.3 is 0 Å². The minimum Gasteiger partial charge on any atom is -0.496 e. The Balaban J connectivity index is 1.68. The van der Waals surface area contributed by atoms with Gasteiger partial charge in [0.15, 0.2) is 11.5 Å².